The first-order valence-electron chi connectivity index (χ1n) is 7.34. The van der Waals surface area contributed by atoms with Crippen LogP contribution in [0.15, 0.2) is 0 Å². The van der Waals surface area contributed by atoms with Gasteiger partial charge in [0.05, 0.1) is 0 Å². The fourth-order valence-corrected chi connectivity index (χ4v) is 1.88. The second-order valence-corrected chi connectivity index (χ2v) is 5.27. The lowest BCUT2D eigenvalue weighted by Gasteiger charge is -2.14. The summed E-state index contributed by atoms with van der Waals surface area (Å²) in [7, 11) is 0. The van der Waals surface area contributed by atoms with E-state index in [9.17, 15) is 14.4 Å². The van der Waals surface area contributed by atoms with Gasteiger partial charge in [0.2, 0.25) is 11.8 Å². The quantitative estimate of drug-likeness (QED) is 0.523. The van der Waals surface area contributed by atoms with Crippen molar-refractivity contribution in [2.75, 3.05) is 6.54 Å². The van der Waals surface area contributed by atoms with Crippen LogP contribution in [0.3, 0.4) is 0 Å². The van der Waals surface area contributed by atoms with Crippen molar-refractivity contribution in [3.63, 3.8) is 0 Å². The lowest BCUT2D eigenvalue weighted by molar-refractivity contribution is -0.142. The third-order valence-electron chi connectivity index (χ3n) is 3.31. The predicted molar refractivity (Wildman–Crippen MR) is 74.1 cm³/mol. The number of carbonyl (C=O) groups excluding carboxylic acids is 2. The molecule has 0 radical (unpaired) electrons. The molecule has 0 aromatic carbocycles. The maximum atomic E-state index is 11.6. The van der Waals surface area contributed by atoms with Gasteiger partial charge in [0, 0.05) is 18.9 Å². The van der Waals surface area contributed by atoms with E-state index in [2.05, 4.69) is 10.6 Å². The average molecular weight is 284 g/mol. The van der Waals surface area contributed by atoms with Crippen LogP contribution in [0.1, 0.15) is 51.9 Å². The highest BCUT2D eigenvalue weighted by Gasteiger charge is 2.29. The van der Waals surface area contributed by atoms with E-state index < -0.39 is 12.0 Å². The van der Waals surface area contributed by atoms with Gasteiger partial charge in [0.25, 0.3) is 0 Å². The number of hydrogen-bond donors (Lipinski definition) is 3. The van der Waals surface area contributed by atoms with E-state index in [-0.39, 0.29) is 24.2 Å². The van der Waals surface area contributed by atoms with Crippen LogP contribution in [0.5, 0.6) is 0 Å². The number of carboxylic acid groups (broad SMARTS) is 1. The SMILES string of the molecule is CCCCC(NC(=O)CCCNC(=O)C1CC1)C(=O)O. The van der Waals surface area contributed by atoms with Crippen LogP contribution in [0.25, 0.3) is 0 Å². The lowest BCUT2D eigenvalue weighted by Crippen LogP contribution is -2.40. The fraction of sp³-hybridized carbons (Fsp3) is 0.786. The van der Waals surface area contributed by atoms with Crippen molar-refractivity contribution in [2.45, 2.75) is 57.9 Å². The number of rotatable bonds is 10. The molecular weight excluding hydrogens is 260 g/mol. The van der Waals surface area contributed by atoms with Crippen molar-refractivity contribution in [3.05, 3.63) is 0 Å². The first-order valence-corrected chi connectivity index (χ1v) is 7.34. The molecule has 1 aliphatic rings. The maximum Gasteiger partial charge on any atom is 0.326 e. The third kappa shape index (κ3) is 6.54. The van der Waals surface area contributed by atoms with Crippen LogP contribution in [-0.4, -0.2) is 35.5 Å². The largest absolute Gasteiger partial charge is 0.480 e. The maximum absolute atomic E-state index is 11.6. The smallest absolute Gasteiger partial charge is 0.326 e. The molecule has 20 heavy (non-hydrogen) atoms. The molecule has 0 aliphatic heterocycles. The summed E-state index contributed by atoms with van der Waals surface area (Å²) in [5.41, 5.74) is 0. The molecule has 0 heterocycles. The highest BCUT2D eigenvalue weighted by atomic mass is 16.4. The van der Waals surface area contributed by atoms with E-state index in [4.69, 9.17) is 5.11 Å². The van der Waals surface area contributed by atoms with Crippen molar-refractivity contribution >= 4 is 17.8 Å². The van der Waals surface area contributed by atoms with Crippen LogP contribution < -0.4 is 10.6 Å². The second kappa shape index (κ2) is 8.55. The molecule has 1 atom stereocenters. The number of unbranched alkanes of at least 4 members (excludes halogenated alkanes) is 1. The highest BCUT2D eigenvalue weighted by Crippen LogP contribution is 2.28. The summed E-state index contributed by atoms with van der Waals surface area (Å²) in [5.74, 6) is -1.02. The zero-order valence-corrected chi connectivity index (χ0v) is 12.0. The molecule has 2 amide bonds. The molecule has 1 aliphatic carbocycles. The molecule has 1 fully saturated rings. The zero-order valence-electron chi connectivity index (χ0n) is 12.0. The van der Waals surface area contributed by atoms with E-state index in [1.54, 1.807) is 0 Å². The van der Waals surface area contributed by atoms with Crippen LogP contribution in [0, 0.1) is 5.92 Å². The first kappa shape index (κ1) is 16.5. The van der Waals surface area contributed by atoms with Crippen molar-refractivity contribution < 1.29 is 19.5 Å². The summed E-state index contributed by atoms with van der Waals surface area (Å²) < 4.78 is 0. The van der Waals surface area contributed by atoms with E-state index >= 15 is 0 Å². The Morgan fingerprint density at radius 1 is 1.25 bits per heavy atom. The van der Waals surface area contributed by atoms with Gasteiger partial charge >= 0.3 is 5.97 Å². The van der Waals surface area contributed by atoms with Gasteiger partial charge < -0.3 is 15.7 Å². The topological polar surface area (TPSA) is 95.5 Å². The minimum absolute atomic E-state index is 0.0665. The second-order valence-electron chi connectivity index (χ2n) is 5.27. The van der Waals surface area contributed by atoms with E-state index in [1.165, 1.54) is 0 Å². The standard InChI is InChI=1S/C14H24N2O4/c1-2-3-5-11(14(19)20)16-12(17)6-4-9-15-13(18)10-7-8-10/h10-11H,2-9H2,1H3,(H,15,18)(H,16,17)(H,19,20). The summed E-state index contributed by atoms with van der Waals surface area (Å²) in [6.45, 7) is 2.44. The van der Waals surface area contributed by atoms with Gasteiger partial charge in [-0.15, -0.1) is 0 Å². The normalized spacial score (nSPS) is 15.4. The van der Waals surface area contributed by atoms with Crippen molar-refractivity contribution in [1.29, 1.82) is 0 Å². The minimum atomic E-state index is -0.992. The molecule has 1 unspecified atom stereocenters. The van der Waals surface area contributed by atoms with Gasteiger partial charge in [-0.05, 0) is 25.7 Å². The van der Waals surface area contributed by atoms with Crippen LogP contribution in [0.4, 0.5) is 0 Å². The Morgan fingerprint density at radius 3 is 2.50 bits per heavy atom. The van der Waals surface area contributed by atoms with Gasteiger partial charge in [-0.3, -0.25) is 9.59 Å². The molecule has 3 N–H and O–H groups in total. The number of carbonyl (C=O) groups is 3. The number of carboxylic acids is 1. The fourth-order valence-electron chi connectivity index (χ4n) is 1.88. The molecule has 0 bridgehead atoms. The van der Waals surface area contributed by atoms with Crippen molar-refractivity contribution in [1.82, 2.24) is 10.6 Å². The van der Waals surface area contributed by atoms with Gasteiger partial charge in [0.15, 0.2) is 0 Å². The number of aliphatic carboxylic acids is 1. The molecule has 0 aromatic heterocycles. The van der Waals surface area contributed by atoms with Crippen LogP contribution in [-0.2, 0) is 14.4 Å². The van der Waals surface area contributed by atoms with Gasteiger partial charge in [-0.2, -0.15) is 0 Å². The summed E-state index contributed by atoms with van der Waals surface area (Å²) in [4.78, 5) is 33.9. The molecule has 6 nitrogen and oxygen atoms in total. The van der Waals surface area contributed by atoms with E-state index in [0.717, 1.165) is 25.7 Å². The first-order chi connectivity index (χ1) is 9.54. The summed E-state index contributed by atoms with van der Waals surface area (Å²) in [6, 6.07) is -0.802. The van der Waals surface area contributed by atoms with E-state index in [1.807, 2.05) is 6.92 Å². The van der Waals surface area contributed by atoms with Crippen molar-refractivity contribution in [3.8, 4) is 0 Å². The molecule has 1 saturated carbocycles. The number of amides is 2. The van der Waals surface area contributed by atoms with Crippen LogP contribution >= 0.6 is 0 Å². The Hall–Kier alpha value is -1.59. The Bertz CT molecular complexity index is 353. The molecule has 114 valence electrons. The molecule has 0 saturated heterocycles. The summed E-state index contributed by atoms with van der Waals surface area (Å²) >= 11 is 0. The molecular formula is C14H24N2O4. The number of hydrogen-bond acceptors (Lipinski definition) is 3. The number of nitrogens with one attached hydrogen (secondary N) is 2. The molecule has 6 heteroatoms. The van der Waals surface area contributed by atoms with Gasteiger partial charge in [-0.1, -0.05) is 19.8 Å². The molecule has 1 rings (SSSR count). The van der Waals surface area contributed by atoms with Gasteiger partial charge in [0.1, 0.15) is 6.04 Å². The average Bonchev–Trinajstić information content (AvgIpc) is 3.23. The lowest BCUT2D eigenvalue weighted by atomic mass is 10.1. The Kier molecular flexibility index (Phi) is 7.04. The van der Waals surface area contributed by atoms with E-state index in [0.29, 0.717) is 19.4 Å². The van der Waals surface area contributed by atoms with Gasteiger partial charge in [-0.25, -0.2) is 4.79 Å². The predicted octanol–water partition coefficient (Wildman–Crippen LogP) is 1.05. The molecule has 0 spiro atoms. The monoisotopic (exact) mass is 284 g/mol. The molecule has 0 aromatic rings. The summed E-state index contributed by atoms with van der Waals surface area (Å²) in [6.07, 6.45) is 4.82. The zero-order chi connectivity index (χ0) is 15.0. The third-order valence-corrected chi connectivity index (χ3v) is 3.31. The minimum Gasteiger partial charge on any atom is -0.480 e. The Labute approximate surface area is 119 Å². The Balaban J connectivity index is 2.13. The highest BCUT2D eigenvalue weighted by molar-refractivity contribution is 5.83. The Morgan fingerprint density at radius 2 is 1.95 bits per heavy atom. The van der Waals surface area contributed by atoms with Crippen LogP contribution in [0.2, 0.25) is 0 Å². The summed E-state index contributed by atoms with van der Waals surface area (Å²) in [5, 5.41) is 14.3. The van der Waals surface area contributed by atoms with Crippen molar-refractivity contribution in [2.24, 2.45) is 5.92 Å².